The molecule has 8 rings (SSSR count). The first kappa shape index (κ1) is 37.6. The van der Waals surface area contributed by atoms with Gasteiger partial charge in [-0.25, -0.2) is 23.2 Å². The molecule has 2 bridgehead atoms. The third-order valence-electron chi connectivity index (χ3n) is 12.7. The van der Waals surface area contributed by atoms with Crippen LogP contribution in [0.1, 0.15) is 102 Å². The number of fused-ring (bicyclic) bond motifs is 5. The highest BCUT2D eigenvalue weighted by atomic mass is 32.2. The fraction of sp³-hybridized carbons (Fsp3) is 0.650. The SMILES string of the molecule is C=C[C@@H]1C[C@]1(NC(=O)[C@@H]1C[C@@H]2CN1C(=O)[C@H](C1CCCC1)NC(=O)O[C@@H]1CCC[C@H]1CCCCCc1nc3ccccc3nc1O2)C(=O)NS(=O)(=O)C1CC1. The van der Waals surface area contributed by atoms with Gasteiger partial charge in [-0.05, 0) is 94.6 Å². The van der Waals surface area contributed by atoms with Crippen LogP contribution in [0.5, 0.6) is 5.88 Å². The molecule has 3 heterocycles. The molecule has 0 radical (unpaired) electrons. The van der Waals surface area contributed by atoms with Crippen LogP contribution in [0.15, 0.2) is 36.9 Å². The van der Waals surface area contributed by atoms with Crippen molar-refractivity contribution in [3.63, 3.8) is 0 Å². The molecular weight excluding hydrogens is 725 g/mol. The lowest BCUT2D eigenvalue weighted by molar-refractivity contribution is -0.142. The van der Waals surface area contributed by atoms with Crippen LogP contribution in [0.25, 0.3) is 11.0 Å². The Kier molecular flexibility index (Phi) is 10.5. The van der Waals surface area contributed by atoms with Crippen LogP contribution in [0.3, 0.4) is 0 Å². The Balaban J connectivity index is 1.12. The maximum absolute atomic E-state index is 14.8. The van der Waals surface area contributed by atoms with Crippen molar-refractivity contribution in [2.75, 3.05) is 6.54 Å². The number of hydrogen-bond acceptors (Lipinski definition) is 10. The Morgan fingerprint density at radius 2 is 1.62 bits per heavy atom. The molecular formula is C40H52N6O8S. The quantitative estimate of drug-likeness (QED) is 0.344. The van der Waals surface area contributed by atoms with Gasteiger partial charge in [0.1, 0.15) is 35.5 Å². The molecule has 5 fully saturated rings. The first-order chi connectivity index (χ1) is 26.5. The molecule has 4 amide bonds. The van der Waals surface area contributed by atoms with Gasteiger partial charge in [-0.3, -0.25) is 19.1 Å². The van der Waals surface area contributed by atoms with Crippen LogP contribution in [-0.2, 0) is 35.6 Å². The number of benzene rings is 1. The summed E-state index contributed by atoms with van der Waals surface area (Å²) in [5, 5.41) is 5.18. The van der Waals surface area contributed by atoms with Crippen LogP contribution in [-0.4, -0.2) is 88.7 Å². The van der Waals surface area contributed by atoms with Gasteiger partial charge in [0.15, 0.2) is 0 Å². The average molecular weight is 777 g/mol. The highest BCUT2D eigenvalue weighted by Gasteiger charge is 2.62. The summed E-state index contributed by atoms with van der Waals surface area (Å²) in [6.07, 6.45) is 11.7. The highest BCUT2D eigenvalue weighted by Crippen LogP contribution is 2.46. The van der Waals surface area contributed by atoms with Gasteiger partial charge in [0.05, 0.1) is 22.8 Å². The van der Waals surface area contributed by atoms with Crippen LogP contribution < -0.4 is 20.1 Å². The summed E-state index contributed by atoms with van der Waals surface area (Å²) in [5.74, 6) is -1.88. The molecule has 0 unspecified atom stereocenters. The minimum atomic E-state index is -3.89. The molecule has 6 aliphatic rings. The predicted molar refractivity (Wildman–Crippen MR) is 202 cm³/mol. The number of nitrogens with zero attached hydrogens (tertiary/aromatic N) is 3. The minimum absolute atomic E-state index is 0.0235. The van der Waals surface area contributed by atoms with Gasteiger partial charge in [-0.15, -0.1) is 6.58 Å². The van der Waals surface area contributed by atoms with Crippen molar-refractivity contribution in [2.24, 2.45) is 17.8 Å². The van der Waals surface area contributed by atoms with E-state index in [9.17, 15) is 27.6 Å². The van der Waals surface area contributed by atoms with Crippen molar-refractivity contribution in [2.45, 2.75) is 138 Å². The Bertz CT molecular complexity index is 1950. The number of carbonyl (C=O) groups is 4. The third kappa shape index (κ3) is 7.90. The van der Waals surface area contributed by atoms with Crippen molar-refractivity contribution in [3.05, 3.63) is 42.6 Å². The Labute approximate surface area is 322 Å². The number of carbonyl (C=O) groups excluding carboxylic acids is 4. The van der Waals surface area contributed by atoms with Gasteiger partial charge in [-0.2, -0.15) is 0 Å². The van der Waals surface area contributed by atoms with E-state index in [1.165, 1.54) is 11.0 Å². The molecule has 296 valence electrons. The molecule has 1 aromatic carbocycles. The molecule has 0 spiro atoms. The van der Waals surface area contributed by atoms with E-state index in [1.807, 2.05) is 24.3 Å². The molecule has 4 saturated carbocycles. The molecule has 4 aliphatic carbocycles. The number of nitrogens with one attached hydrogen (secondary N) is 3. The number of para-hydroxylation sites is 2. The Morgan fingerprint density at radius 1 is 0.909 bits per heavy atom. The summed E-state index contributed by atoms with van der Waals surface area (Å²) in [5.41, 5.74) is 0.603. The van der Waals surface area contributed by atoms with Gasteiger partial charge in [0.2, 0.25) is 27.7 Å². The summed E-state index contributed by atoms with van der Waals surface area (Å²) in [6, 6.07) is 5.56. The Morgan fingerprint density at radius 3 is 2.35 bits per heavy atom. The number of ether oxygens (including phenoxy) is 2. The van der Waals surface area contributed by atoms with Crippen LogP contribution in [0.2, 0.25) is 0 Å². The molecule has 14 nitrogen and oxygen atoms in total. The fourth-order valence-corrected chi connectivity index (χ4v) is 10.7. The van der Waals surface area contributed by atoms with Gasteiger partial charge < -0.3 is 25.0 Å². The molecule has 1 saturated heterocycles. The number of alkyl carbamates (subject to hydrolysis) is 1. The van der Waals surface area contributed by atoms with E-state index in [1.54, 1.807) is 0 Å². The van der Waals surface area contributed by atoms with Crippen LogP contribution >= 0.6 is 0 Å². The molecule has 55 heavy (non-hydrogen) atoms. The summed E-state index contributed by atoms with van der Waals surface area (Å²) in [7, 11) is -3.89. The lowest BCUT2D eigenvalue weighted by atomic mass is 9.96. The second-order valence-electron chi connectivity index (χ2n) is 16.5. The first-order valence-corrected chi connectivity index (χ1v) is 21.8. The zero-order valence-corrected chi connectivity index (χ0v) is 32.1. The van der Waals surface area contributed by atoms with Gasteiger partial charge >= 0.3 is 6.09 Å². The van der Waals surface area contributed by atoms with E-state index in [0.29, 0.717) is 36.4 Å². The van der Waals surface area contributed by atoms with Crippen molar-refractivity contribution in [3.8, 4) is 5.88 Å². The van der Waals surface area contributed by atoms with Crippen molar-refractivity contribution < 1.29 is 37.1 Å². The number of aromatic nitrogens is 2. The standard InChI is InChI=1S/C40H52N6O8S/c1-2-26-22-40(26,38(49)45-55(51,52)28-19-20-28)44-35(47)32-21-27-23-46(32)37(48)34(25-12-6-7-13-25)43-39(50)54-33-18-10-14-24(33)11-4-3-5-17-31-36(53-27)42-30-16-9-8-15-29(30)41-31/h2,8-9,15-16,24-28,32-34H,1,3-7,10-14,17-23H2,(H,43,50)(H,44,47)(H,45,49)/t24-,26-,27-,32+,33-,34+,40-/m1/s1. The summed E-state index contributed by atoms with van der Waals surface area (Å²) >= 11 is 0. The largest absolute Gasteiger partial charge is 0.471 e. The maximum atomic E-state index is 14.8. The van der Waals surface area contributed by atoms with Gasteiger partial charge in [-0.1, -0.05) is 43.9 Å². The van der Waals surface area contributed by atoms with E-state index in [-0.39, 0.29) is 37.3 Å². The van der Waals surface area contributed by atoms with E-state index in [4.69, 9.17) is 19.4 Å². The summed E-state index contributed by atoms with van der Waals surface area (Å²) in [4.78, 5) is 67.7. The lowest BCUT2D eigenvalue weighted by Gasteiger charge is -2.32. The Hall–Kier alpha value is -4.27. The van der Waals surface area contributed by atoms with Crippen molar-refractivity contribution >= 4 is 44.9 Å². The van der Waals surface area contributed by atoms with Gasteiger partial charge in [0, 0.05) is 12.3 Å². The van der Waals surface area contributed by atoms with Crippen LogP contribution in [0.4, 0.5) is 4.79 Å². The number of aryl methyl sites for hydroxylation is 1. The molecule has 2 aliphatic heterocycles. The predicted octanol–water partition coefficient (Wildman–Crippen LogP) is 4.22. The molecule has 7 atom stereocenters. The summed E-state index contributed by atoms with van der Waals surface area (Å²) in [6.45, 7) is 3.84. The minimum Gasteiger partial charge on any atom is -0.471 e. The first-order valence-electron chi connectivity index (χ1n) is 20.2. The number of hydrogen-bond donors (Lipinski definition) is 3. The van der Waals surface area contributed by atoms with Crippen LogP contribution in [0, 0.1) is 17.8 Å². The number of amides is 4. The van der Waals surface area contributed by atoms with E-state index in [0.717, 1.165) is 76.1 Å². The van der Waals surface area contributed by atoms with E-state index >= 15 is 0 Å². The van der Waals surface area contributed by atoms with Crippen molar-refractivity contribution in [1.29, 1.82) is 0 Å². The van der Waals surface area contributed by atoms with Crippen molar-refractivity contribution in [1.82, 2.24) is 30.2 Å². The normalized spacial score (nSPS) is 31.9. The average Bonchev–Trinajstić information content (AvgIpc) is 3.95. The summed E-state index contributed by atoms with van der Waals surface area (Å²) < 4.78 is 40.4. The molecule has 3 N–H and O–H groups in total. The lowest BCUT2D eigenvalue weighted by Crippen LogP contribution is -2.59. The topological polar surface area (TPSA) is 186 Å². The maximum Gasteiger partial charge on any atom is 0.408 e. The zero-order chi connectivity index (χ0) is 38.3. The van der Waals surface area contributed by atoms with E-state index in [2.05, 4.69) is 21.9 Å². The zero-order valence-electron chi connectivity index (χ0n) is 31.2. The number of rotatable bonds is 7. The monoisotopic (exact) mass is 776 g/mol. The van der Waals surface area contributed by atoms with E-state index < -0.39 is 68.7 Å². The molecule has 1 aromatic heterocycles. The highest BCUT2D eigenvalue weighted by molar-refractivity contribution is 7.91. The fourth-order valence-electron chi connectivity index (χ4n) is 9.34. The smallest absolute Gasteiger partial charge is 0.408 e. The number of sulfonamides is 1. The van der Waals surface area contributed by atoms with Gasteiger partial charge in [0.25, 0.3) is 5.91 Å². The second-order valence-corrected chi connectivity index (χ2v) is 18.5. The molecule has 2 aromatic rings. The third-order valence-corrected chi connectivity index (χ3v) is 14.5. The molecule has 15 heteroatoms. The second kappa shape index (κ2) is 15.3.